The van der Waals surface area contributed by atoms with Gasteiger partial charge in [0, 0.05) is 76.5 Å². The molecule has 20 aromatic rings. The molecule has 6 nitrogen and oxygen atoms in total. The minimum Gasteiger partial charge on any atom is -0.456 e. The largest absolute Gasteiger partial charge is 0.492 e. The molecule has 12 heteroatoms. The molecule has 0 radical (unpaired) electrons. The molecule has 4 N–H and O–H groups in total. The molecule has 4 heterocycles. The van der Waals surface area contributed by atoms with Gasteiger partial charge in [-0.1, -0.05) is 306 Å². The summed E-state index contributed by atoms with van der Waals surface area (Å²) >= 11 is 10.7. The molecule has 0 amide bonds. The van der Waals surface area contributed by atoms with Crippen LogP contribution in [-0.2, 0) is 0 Å². The maximum Gasteiger partial charge on any atom is 0.492 e. The smallest absolute Gasteiger partial charge is 0.456 e. The van der Waals surface area contributed by atoms with Crippen molar-refractivity contribution in [3.63, 3.8) is 0 Å². The first kappa shape index (κ1) is 71.7. The summed E-state index contributed by atoms with van der Waals surface area (Å²) in [6.45, 7) is 0. The number of para-hydroxylation sites is 4. The van der Waals surface area contributed by atoms with Gasteiger partial charge in [-0.2, -0.15) is 0 Å². The second kappa shape index (κ2) is 31.7. The Morgan fingerprint density at radius 3 is 0.991 bits per heavy atom. The Kier molecular flexibility index (Phi) is 20.9. The third kappa shape index (κ3) is 14.9. The molecule has 109 heavy (non-hydrogen) atoms. The lowest BCUT2D eigenvalue weighted by atomic mass is 9.79. The molecule has 4 aromatic heterocycles. The van der Waals surface area contributed by atoms with Gasteiger partial charge in [0.05, 0.1) is 0 Å². The summed E-state index contributed by atoms with van der Waals surface area (Å²) in [6, 6.07) is 127. The number of rotatable bonds is 10. The van der Waals surface area contributed by atoms with Crippen LogP contribution in [0.2, 0.25) is 0 Å². The van der Waals surface area contributed by atoms with Crippen molar-refractivity contribution < 1.29 is 28.9 Å². The molecule has 0 atom stereocenters. The van der Waals surface area contributed by atoms with Crippen LogP contribution in [0.25, 0.3) is 173 Å². The van der Waals surface area contributed by atoms with E-state index in [9.17, 15) is 20.1 Å². The van der Waals surface area contributed by atoms with Crippen LogP contribution in [0, 0.1) is 0 Å². The molecule has 0 saturated heterocycles. The highest BCUT2D eigenvalue weighted by atomic mass is 79.9. The molecule has 524 valence electrons. The van der Waals surface area contributed by atoms with Gasteiger partial charge >= 0.3 is 14.2 Å². The van der Waals surface area contributed by atoms with E-state index in [-0.39, 0.29) is 7.43 Å². The number of benzene rings is 16. The molecule has 0 aliphatic rings. The number of hydrogen-bond acceptors (Lipinski definition) is 8. The molecule has 0 spiro atoms. The minimum absolute atomic E-state index is 0. The summed E-state index contributed by atoms with van der Waals surface area (Å²) < 4.78 is 19.1. The summed E-state index contributed by atoms with van der Waals surface area (Å²) in [5.74, 6) is 0. The first-order valence-corrected chi connectivity index (χ1v) is 38.7. The first-order chi connectivity index (χ1) is 53.0. The third-order valence-corrected chi connectivity index (χ3v) is 23.0. The highest BCUT2D eigenvalue weighted by Gasteiger charge is 2.22. The highest BCUT2D eigenvalue weighted by Crippen LogP contribution is 2.46. The molecule has 20 rings (SSSR count). The number of halogens is 2. The Balaban J connectivity index is 0.000000127. The monoisotopic (exact) mass is 1570 g/mol. The van der Waals surface area contributed by atoms with Crippen LogP contribution in [0.15, 0.2) is 382 Å². The Morgan fingerprint density at radius 2 is 0.532 bits per heavy atom. The van der Waals surface area contributed by atoms with E-state index in [1.807, 2.05) is 78.1 Å². The van der Waals surface area contributed by atoms with Gasteiger partial charge < -0.3 is 28.9 Å². The standard InChI is InChI=1S/C48H30OS.C24H16Br2.C12H9BO3.C12H9BO2S.CH4/c1-3-13-31(14-4-1)33-25-34(32-15-5-2-6-16-32)27-35(26-33)36-28-37(39-19-11-21-43-41-17-7-9-23-45(41)49-47(39)43)30-38(29-36)40-20-12-22-44-42-18-8-10-24-46(42)50-48(40)44;25-23-14-22(15-24(26)16-23)21-12-19(17-7-3-1-4-8-17)11-20(13-21)18-9-5-2-6-10-18;2*14-13(15)10-6-3-5-9-8-4-1-2-7-11(8)16-12(9)10;/h1-30H;1-16H;2*1-7,14-15H;1H4. The Bertz CT molecular complexity index is 6290. The zero-order valence-electron chi connectivity index (χ0n) is 58.0. The van der Waals surface area contributed by atoms with Crippen LogP contribution in [0.4, 0.5) is 0 Å². The van der Waals surface area contributed by atoms with E-state index in [1.54, 1.807) is 29.5 Å². The molecule has 0 unspecified atom stereocenters. The fourth-order valence-corrected chi connectivity index (χ4v) is 18.3. The highest BCUT2D eigenvalue weighted by molar-refractivity contribution is 9.11. The predicted octanol–water partition coefficient (Wildman–Crippen LogP) is 26.1. The van der Waals surface area contributed by atoms with Gasteiger partial charge in [0.1, 0.15) is 22.3 Å². The fraction of sp³-hybridized carbons (Fsp3) is 0.0103. The number of hydrogen-bond donors (Lipinski definition) is 4. The molecular weight excluding hydrogens is 1510 g/mol. The average Bonchev–Trinajstić information content (AvgIpc) is 1.65. The summed E-state index contributed by atoms with van der Waals surface area (Å²) in [5.41, 5.74) is 23.1. The topological polar surface area (TPSA) is 107 Å². The lowest BCUT2D eigenvalue weighted by Gasteiger charge is -2.15. The average molecular weight is 1580 g/mol. The van der Waals surface area contributed by atoms with Crippen molar-refractivity contribution in [2.24, 2.45) is 0 Å². The van der Waals surface area contributed by atoms with E-state index in [2.05, 4.69) is 311 Å². The van der Waals surface area contributed by atoms with Gasteiger partial charge in [0.2, 0.25) is 0 Å². The molecular formula is C97H68B2Br2O6S2. The number of fused-ring (bicyclic) bond motifs is 12. The Hall–Kier alpha value is -11.5. The van der Waals surface area contributed by atoms with Gasteiger partial charge in [-0.25, -0.2) is 0 Å². The van der Waals surface area contributed by atoms with Gasteiger partial charge in [-0.05, 0) is 191 Å². The summed E-state index contributed by atoms with van der Waals surface area (Å²) in [7, 11) is -2.92. The summed E-state index contributed by atoms with van der Waals surface area (Å²) in [6.07, 6.45) is 0. The van der Waals surface area contributed by atoms with Gasteiger partial charge in [-0.15, -0.1) is 22.7 Å². The summed E-state index contributed by atoms with van der Waals surface area (Å²) in [5, 5.41) is 46.1. The lowest BCUT2D eigenvalue weighted by molar-refractivity contribution is 0.424. The Labute approximate surface area is 656 Å². The number of furan rings is 2. The van der Waals surface area contributed by atoms with Crippen molar-refractivity contribution in [3.05, 3.63) is 373 Å². The molecule has 0 aliphatic carbocycles. The van der Waals surface area contributed by atoms with E-state index in [0.29, 0.717) is 16.5 Å². The van der Waals surface area contributed by atoms with Crippen molar-refractivity contribution in [2.45, 2.75) is 7.43 Å². The predicted molar refractivity (Wildman–Crippen MR) is 471 cm³/mol. The van der Waals surface area contributed by atoms with Crippen LogP contribution in [0.5, 0.6) is 0 Å². The summed E-state index contributed by atoms with van der Waals surface area (Å²) in [4.78, 5) is 0. The second-order valence-electron chi connectivity index (χ2n) is 26.5. The molecule has 0 fully saturated rings. The van der Waals surface area contributed by atoms with Crippen LogP contribution in [0.3, 0.4) is 0 Å². The van der Waals surface area contributed by atoms with Crippen LogP contribution >= 0.6 is 54.5 Å². The van der Waals surface area contributed by atoms with E-state index >= 15 is 0 Å². The van der Waals surface area contributed by atoms with E-state index in [4.69, 9.17) is 8.83 Å². The second-order valence-corrected chi connectivity index (χ2v) is 30.4. The zero-order chi connectivity index (χ0) is 73.2. The quantitative estimate of drug-likeness (QED) is 0.102. The zero-order valence-corrected chi connectivity index (χ0v) is 62.8. The minimum atomic E-state index is -1.51. The first-order valence-electron chi connectivity index (χ1n) is 35.5. The van der Waals surface area contributed by atoms with Crippen molar-refractivity contribution in [1.82, 2.24) is 0 Å². The molecule has 0 bridgehead atoms. The van der Waals surface area contributed by atoms with Crippen molar-refractivity contribution in [2.75, 3.05) is 0 Å². The van der Waals surface area contributed by atoms with Gasteiger partial charge in [0.25, 0.3) is 0 Å². The van der Waals surface area contributed by atoms with E-state index < -0.39 is 14.2 Å². The van der Waals surface area contributed by atoms with Crippen molar-refractivity contribution in [1.29, 1.82) is 0 Å². The molecule has 16 aromatic carbocycles. The van der Waals surface area contributed by atoms with Crippen LogP contribution in [0.1, 0.15) is 7.43 Å². The van der Waals surface area contributed by atoms with Crippen molar-refractivity contribution >= 4 is 164 Å². The molecule has 0 aliphatic heterocycles. The Morgan fingerprint density at radius 1 is 0.229 bits per heavy atom. The van der Waals surface area contributed by atoms with Gasteiger partial charge in [-0.3, -0.25) is 0 Å². The van der Waals surface area contributed by atoms with E-state index in [1.165, 1.54) is 108 Å². The van der Waals surface area contributed by atoms with Crippen LogP contribution < -0.4 is 10.9 Å². The van der Waals surface area contributed by atoms with Crippen LogP contribution in [-0.4, -0.2) is 34.3 Å². The van der Waals surface area contributed by atoms with Crippen molar-refractivity contribution in [3.8, 4) is 89.0 Å². The van der Waals surface area contributed by atoms with E-state index in [0.717, 1.165) is 68.5 Å². The maximum absolute atomic E-state index is 9.31. The normalized spacial score (nSPS) is 11.1. The maximum atomic E-state index is 9.31. The third-order valence-electron chi connectivity index (χ3n) is 19.6. The van der Waals surface area contributed by atoms with Gasteiger partial charge in [0.15, 0.2) is 0 Å². The SMILES string of the molecule is Brc1cc(Br)cc(-c2cc(-c3ccccc3)cc(-c3ccccc3)c2)c1.C.OB(O)c1cccc2c1oc1ccccc12.OB(O)c1cccc2c1sc1ccccc12.c1ccc(-c2cc(-c3ccccc3)cc(-c3cc(-c4cccc5c4oc4ccccc45)cc(-c4cccc5c4sc4ccccc45)c3)c2)cc1. The fourth-order valence-electron chi connectivity index (χ4n) is 14.5. The molecule has 0 saturated carbocycles. The lowest BCUT2D eigenvalue weighted by Crippen LogP contribution is -2.29. The number of thiophene rings is 2.